The fraction of sp³-hybridized carbons (Fsp3) is 0.882. The fourth-order valence-corrected chi connectivity index (χ4v) is 1.90. The van der Waals surface area contributed by atoms with Crippen LogP contribution in [0.3, 0.4) is 0 Å². The van der Waals surface area contributed by atoms with Crippen LogP contribution in [0.25, 0.3) is 0 Å². The van der Waals surface area contributed by atoms with E-state index >= 15 is 0 Å². The van der Waals surface area contributed by atoms with E-state index in [4.69, 9.17) is 14.2 Å². The lowest BCUT2D eigenvalue weighted by atomic mass is 10.0. The van der Waals surface area contributed by atoms with Gasteiger partial charge in [-0.15, -0.1) is 0 Å². The molecule has 6 heteroatoms. The average molecular weight is 331 g/mol. The summed E-state index contributed by atoms with van der Waals surface area (Å²) in [4.78, 5) is 26.3. The van der Waals surface area contributed by atoms with Gasteiger partial charge in [-0.3, -0.25) is 4.90 Å². The van der Waals surface area contributed by atoms with Gasteiger partial charge in [0.05, 0.1) is 0 Å². The topological polar surface area (TPSA) is 65.1 Å². The highest BCUT2D eigenvalue weighted by Crippen LogP contribution is 2.20. The maximum Gasteiger partial charge on any atom is 0.412 e. The van der Waals surface area contributed by atoms with Gasteiger partial charge in [0.2, 0.25) is 0 Å². The third-order valence-corrected chi connectivity index (χ3v) is 2.65. The predicted octanol–water partition coefficient (Wildman–Crippen LogP) is 3.58. The van der Waals surface area contributed by atoms with Crippen LogP contribution in [0.5, 0.6) is 0 Å². The normalized spacial score (nSPS) is 13.7. The first-order chi connectivity index (χ1) is 10.3. The number of hydrogen-bond donors (Lipinski definition) is 0. The molecule has 136 valence electrons. The van der Waals surface area contributed by atoms with E-state index in [9.17, 15) is 9.59 Å². The van der Waals surface area contributed by atoms with Gasteiger partial charge in [0.15, 0.2) is 0 Å². The molecule has 0 fully saturated rings. The highest BCUT2D eigenvalue weighted by molar-refractivity contribution is 5.81. The lowest BCUT2D eigenvalue weighted by molar-refractivity contribution is -0.163. The summed E-state index contributed by atoms with van der Waals surface area (Å²) in [5.41, 5.74) is -1.28. The van der Waals surface area contributed by atoms with Crippen molar-refractivity contribution in [2.75, 3.05) is 13.8 Å². The summed E-state index contributed by atoms with van der Waals surface area (Å²) in [6.07, 6.45) is -0.117. The van der Waals surface area contributed by atoms with Crippen LogP contribution in [0.15, 0.2) is 0 Å². The van der Waals surface area contributed by atoms with Crippen LogP contribution in [0.4, 0.5) is 4.79 Å². The van der Waals surface area contributed by atoms with E-state index in [1.807, 2.05) is 13.8 Å². The lowest BCUT2D eigenvalue weighted by Gasteiger charge is -2.34. The van der Waals surface area contributed by atoms with Gasteiger partial charge in [-0.05, 0) is 53.9 Å². The Morgan fingerprint density at radius 2 is 1.43 bits per heavy atom. The molecule has 0 aliphatic rings. The van der Waals surface area contributed by atoms with Crippen LogP contribution in [-0.4, -0.2) is 48.0 Å². The van der Waals surface area contributed by atoms with E-state index in [1.54, 1.807) is 41.5 Å². The number of esters is 1. The molecule has 0 heterocycles. The van der Waals surface area contributed by atoms with Gasteiger partial charge in [0, 0.05) is 7.11 Å². The highest BCUT2D eigenvalue weighted by Gasteiger charge is 2.36. The summed E-state index contributed by atoms with van der Waals surface area (Å²) in [5.74, 6) is -0.247. The molecule has 0 saturated heterocycles. The number of methoxy groups -OCH3 is 1. The molecule has 23 heavy (non-hydrogen) atoms. The molecule has 0 bridgehead atoms. The van der Waals surface area contributed by atoms with Gasteiger partial charge < -0.3 is 14.2 Å². The number of amides is 1. The number of hydrogen-bond acceptors (Lipinski definition) is 5. The standard InChI is InChI=1S/C17H33NO5/c1-12(2)10-13(14(19)22-16(3,4)5)18(11-21-9)15(20)23-17(6,7)8/h12-13H,10-11H2,1-9H3/t13-/m0/s1. The Bertz CT molecular complexity index is 393. The fourth-order valence-electron chi connectivity index (χ4n) is 1.90. The molecule has 0 aliphatic carbocycles. The van der Waals surface area contributed by atoms with Gasteiger partial charge in [-0.2, -0.15) is 0 Å². The monoisotopic (exact) mass is 331 g/mol. The molecule has 0 saturated carbocycles. The molecule has 0 aliphatic heterocycles. The number of ether oxygens (including phenoxy) is 3. The summed E-state index contributed by atoms with van der Waals surface area (Å²) in [6, 6.07) is -0.746. The first-order valence-corrected chi connectivity index (χ1v) is 7.98. The SMILES string of the molecule is COCN(C(=O)OC(C)(C)C)[C@@H](CC(C)C)C(=O)OC(C)(C)C. The van der Waals surface area contributed by atoms with Crippen molar-refractivity contribution in [3.8, 4) is 0 Å². The van der Waals surface area contributed by atoms with E-state index in [1.165, 1.54) is 12.0 Å². The molecule has 0 rings (SSSR count). The zero-order valence-corrected chi connectivity index (χ0v) is 16.1. The molecule has 0 aromatic rings. The van der Waals surface area contributed by atoms with Crippen LogP contribution in [-0.2, 0) is 19.0 Å². The minimum absolute atomic E-state index is 0.0362. The Kier molecular flexibility index (Phi) is 8.04. The predicted molar refractivity (Wildman–Crippen MR) is 89.0 cm³/mol. The number of rotatable bonds is 6. The van der Waals surface area contributed by atoms with Crippen LogP contribution < -0.4 is 0 Å². The van der Waals surface area contributed by atoms with E-state index in [-0.39, 0.29) is 12.6 Å². The summed E-state index contributed by atoms with van der Waals surface area (Å²) < 4.78 is 16.0. The molecule has 0 spiro atoms. The van der Waals surface area contributed by atoms with Crippen LogP contribution in [0.1, 0.15) is 61.8 Å². The van der Waals surface area contributed by atoms with Crippen molar-refractivity contribution < 1.29 is 23.8 Å². The third-order valence-electron chi connectivity index (χ3n) is 2.65. The van der Waals surface area contributed by atoms with Crippen LogP contribution in [0, 0.1) is 5.92 Å². The Morgan fingerprint density at radius 3 is 1.78 bits per heavy atom. The molecular formula is C17H33NO5. The quantitative estimate of drug-likeness (QED) is 0.550. The smallest absolute Gasteiger partial charge is 0.412 e. The van der Waals surface area contributed by atoms with Crippen LogP contribution in [0.2, 0.25) is 0 Å². The van der Waals surface area contributed by atoms with Crippen molar-refractivity contribution in [1.82, 2.24) is 4.90 Å². The minimum Gasteiger partial charge on any atom is -0.458 e. The number of carbonyl (C=O) groups excluding carboxylic acids is 2. The lowest BCUT2D eigenvalue weighted by Crippen LogP contribution is -2.50. The van der Waals surface area contributed by atoms with Gasteiger partial charge in [-0.1, -0.05) is 13.8 Å². The van der Waals surface area contributed by atoms with Gasteiger partial charge in [0.1, 0.15) is 24.0 Å². The zero-order chi connectivity index (χ0) is 18.4. The summed E-state index contributed by atoms with van der Waals surface area (Å²) >= 11 is 0. The second-order valence-electron chi connectivity index (χ2n) is 8.05. The minimum atomic E-state index is -0.746. The van der Waals surface area contributed by atoms with E-state index in [0.717, 1.165) is 0 Å². The molecule has 0 unspecified atom stereocenters. The number of carbonyl (C=O) groups is 2. The molecule has 0 aromatic heterocycles. The average Bonchev–Trinajstić information content (AvgIpc) is 2.28. The molecule has 0 N–H and O–H groups in total. The van der Waals surface area contributed by atoms with E-state index < -0.39 is 29.3 Å². The Hall–Kier alpha value is -1.30. The van der Waals surface area contributed by atoms with Crippen molar-refractivity contribution >= 4 is 12.1 Å². The largest absolute Gasteiger partial charge is 0.458 e. The van der Waals surface area contributed by atoms with E-state index in [0.29, 0.717) is 6.42 Å². The van der Waals surface area contributed by atoms with Crippen molar-refractivity contribution in [1.29, 1.82) is 0 Å². The van der Waals surface area contributed by atoms with Crippen molar-refractivity contribution in [2.24, 2.45) is 5.92 Å². The van der Waals surface area contributed by atoms with Crippen molar-refractivity contribution in [2.45, 2.75) is 79.1 Å². The molecule has 1 amide bonds. The Balaban J connectivity index is 5.40. The Morgan fingerprint density at radius 1 is 0.957 bits per heavy atom. The van der Waals surface area contributed by atoms with Gasteiger partial charge >= 0.3 is 12.1 Å². The molecule has 1 atom stereocenters. The van der Waals surface area contributed by atoms with Gasteiger partial charge in [0.25, 0.3) is 0 Å². The van der Waals surface area contributed by atoms with Crippen molar-refractivity contribution in [3.63, 3.8) is 0 Å². The maximum atomic E-state index is 12.6. The zero-order valence-electron chi connectivity index (χ0n) is 16.1. The number of nitrogens with zero attached hydrogens (tertiary/aromatic N) is 1. The Labute approximate surface area is 140 Å². The second-order valence-corrected chi connectivity index (χ2v) is 8.05. The van der Waals surface area contributed by atoms with Crippen LogP contribution >= 0.6 is 0 Å². The summed E-state index contributed by atoms with van der Waals surface area (Å²) in [5, 5.41) is 0. The first-order valence-electron chi connectivity index (χ1n) is 7.98. The molecule has 0 aromatic carbocycles. The van der Waals surface area contributed by atoms with E-state index in [2.05, 4.69) is 0 Å². The molecular weight excluding hydrogens is 298 g/mol. The molecule has 6 nitrogen and oxygen atoms in total. The second kappa shape index (κ2) is 8.52. The third kappa shape index (κ3) is 9.43. The maximum absolute atomic E-state index is 12.6. The summed E-state index contributed by atoms with van der Waals surface area (Å²) in [7, 11) is 1.47. The van der Waals surface area contributed by atoms with Crippen molar-refractivity contribution in [3.05, 3.63) is 0 Å². The van der Waals surface area contributed by atoms with Gasteiger partial charge in [-0.25, -0.2) is 9.59 Å². The molecule has 0 radical (unpaired) electrons. The summed E-state index contributed by atoms with van der Waals surface area (Å²) in [6.45, 7) is 14.7. The first kappa shape index (κ1) is 21.7. The highest BCUT2D eigenvalue weighted by atomic mass is 16.6.